The van der Waals surface area contributed by atoms with Gasteiger partial charge < -0.3 is 5.11 Å². The molecule has 0 aliphatic rings. The van der Waals surface area contributed by atoms with Crippen LogP contribution in [0.15, 0.2) is 49.1 Å². The SMILES string of the molecule is CC(O)(Cc1ccncc1)c1cccnc1. The molecule has 0 saturated carbocycles. The Morgan fingerprint density at radius 2 is 1.88 bits per heavy atom. The first-order valence-electron chi connectivity index (χ1n) is 5.20. The van der Waals surface area contributed by atoms with Crippen LogP contribution in [0.1, 0.15) is 18.1 Å². The van der Waals surface area contributed by atoms with E-state index in [-0.39, 0.29) is 0 Å². The average molecular weight is 214 g/mol. The van der Waals surface area contributed by atoms with Gasteiger partial charge in [0.1, 0.15) is 0 Å². The molecular weight excluding hydrogens is 200 g/mol. The molecule has 3 heteroatoms. The van der Waals surface area contributed by atoms with Crippen molar-refractivity contribution in [3.63, 3.8) is 0 Å². The van der Waals surface area contributed by atoms with Gasteiger partial charge in [0.25, 0.3) is 0 Å². The second-order valence-electron chi connectivity index (χ2n) is 4.05. The summed E-state index contributed by atoms with van der Waals surface area (Å²) in [5.74, 6) is 0. The summed E-state index contributed by atoms with van der Waals surface area (Å²) in [5.41, 5.74) is 0.992. The molecule has 2 aromatic rings. The van der Waals surface area contributed by atoms with Crippen molar-refractivity contribution >= 4 is 0 Å². The van der Waals surface area contributed by atoms with Crippen molar-refractivity contribution in [3.05, 3.63) is 60.2 Å². The Hall–Kier alpha value is -1.74. The Bertz CT molecular complexity index is 440. The zero-order valence-electron chi connectivity index (χ0n) is 9.17. The van der Waals surface area contributed by atoms with Crippen molar-refractivity contribution < 1.29 is 5.11 Å². The van der Waals surface area contributed by atoms with Gasteiger partial charge >= 0.3 is 0 Å². The van der Waals surface area contributed by atoms with E-state index in [2.05, 4.69) is 9.97 Å². The van der Waals surface area contributed by atoms with Gasteiger partial charge in [-0.15, -0.1) is 0 Å². The fraction of sp³-hybridized carbons (Fsp3) is 0.231. The normalized spacial score (nSPS) is 14.4. The third-order valence-electron chi connectivity index (χ3n) is 2.58. The van der Waals surface area contributed by atoms with Crippen molar-refractivity contribution in [2.24, 2.45) is 0 Å². The molecule has 0 aliphatic carbocycles. The van der Waals surface area contributed by atoms with E-state index in [1.54, 1.807) is 31.7 Å². The van der Waals surface area contributed by atoms with Gasteiger partial charge in [0.2, 0.25) is 0 Å². The van der Waals surface area contributed by atoms with Crippen LogP contribution in [0.4, 0.5) is 0 Å². The predicted octanol–water partition coefficient (Wildman–Crippen LogP) is 1.93. The second kappa shape index (κ2) is 4.41. The highest BCUT2D eigenvalue weighted by Crippen LogP contribution is 2.23. The van der Waals surface area contributed by atoms with E-state index in [4.69, 9.17) is 0 Å². The van der Waals surface area contributed by atoms with Crippen molar-refractivity contribution in [2.75, 3.05) is 0 Å². The standard InChI is InChI=1S/C13H14N2O/c1-13(16,12-3-2-6-15-10-12)9-11-4-7-14-8-5-11/h2-8,10,16H,9H2,1H3. The Morgan fingerprint density at radius 3 is 2.50 bits per heavy atom. The van der Waals surface area contributed by atoms with Crippen LogP contribution >= 0.6 is 0 Å². The first kappa shape index (κ1) is 10.8. The van der Waals surface area contributed by atoms with E-state index in [1.807, 2.05) is 24.3 Å². The molecule has 1 unspecified atom stereocenters. The second-order valence-corrected chi connectivity index (χ2v) is 4.05. The lowest BCUT2D eigenvalue weighted by atomic mass is 9.90. The van der Waals surface area contributed by atoms with Crippen LogP contribution in [0.25, 0.3) is 0 Å². The topological polar surface area (TPSA) is 46.0 Å². The third kappa shape index (κ3) is 2.44. The van der Waals surface area contributed by atoms with Crippen LogP contribution in [0.5, 0.6) is 0 Å². The highest BCUT2D eigenvalue weighted by atomic mass is 16.3. The van der Waals surface area contributed by atoms with E-state index in [0.717, 1.165) is 11.1 Å². The van der Waals surface area contributed by atoms with Gasteiger partial charge in [0.15, 0.2) is 0 Å². The van der Waals surface area contributed by atoms with Crippen LogP contribution in [-0.4, -0.2) is 15.1 Å². The van der Waals surface area contributed by atoms with Gasteiger partial charge in [-0.3, -0.25) is 9.97 Å². The molecule has 0 aliphatic heterocycles. The van der Waals surface area contributed by atoms with E-state index < -0.39 is 5.60 Å². The van der Waals surface area contributed by atoms with Crippen LogP contribution in [-0.2, 0) is 12.0 Å². The zero-order chi connectivity index (χ0) is 11.4. The lowest BCUT2D eigenvalue weighted by molar-refractivity contribution is 0.0572. The van der Waals surface area contributed by atoms with Gasteiger partial charge in [-0.2, -0.15) is 0 Å². The number of hydrogen-bond acceptors (Lipinski definition) is 3. The predicted molar refractivity (Wildman–Crippen MR) is 61.7 cm³/mol. The van der Waals surface area contributed by atoms with Gasteiger partial charge in [0.05, 0.1) is 5.60 Å². The summed E-state index contributed by atoms with van der Waals surface area (Å²) in [6.07, 6.45) is 7.41. The monoisotopic (exact) mass is 214 g/mol. The highest BCUT2D eigenvalue weighted by Gasteiger charge is 2.23. The molecular formula is C13H14N2O. The molecule has 0 radical (unpaired) electrons. The van der Waals surface area contributed by atoms with E-state index in [1.165, 1.54) is 0 Å². The molecule has 1 N–H and O–H groups in total. The smallest absolute Gasteiger partial charge is 0.0923 e. The number of nitrogens with zero attached hydrogens (tertiary/aromatic N) is 2. The van der Waals surface area contributed by atoms with E-state index >= 15 is 0 Å². The fourth-order valence-corrected chi connectivity index (χ4v) is 1.68. The molecule has 2 rings (SSSR count). The minimum Gasteiger partial charge on any atom is -0.385 e. The number of rotatable bonds is 3. The Kier molecular flexibility index (Phi) is 2.97. The first-order chi connectivity index (χ1) is 7.68. The number of aliphatic hydroxyl groups is 1. The largest absolute Gasteiger partial charge is 0.385 e. The summed E-state index contributed by atoms with van der Waals surface area (Å²) < 4.78 is 0. The van der Waals surface area contributed by atoms with Gasteiger partial charge in [-0.05, 0) is 30.7 Å². The Balaban J connectivity index is 2.21. The van der Waals surface area contributed by atoms with E-state index in [0.29, 0.717) is 6.42 Å². The van der Waals surface area contributed by atoms with Crippen LogP contribution < -0.4 is 0 Å². The number of aromatic nitrogens is 2. The zero-order valence-corrected chi connectivity index (χ0v) is 9.17. The molecule has 2 heterocycles. The molecule has 0 amide bonds. The first-order valence-corrected chi connectivity index (χ1v) is 5.20. The Morgan fingerprint density at radius 1 is 1.12 bits per heavy atom. The molecule has 1 atom stereocenters. The molecule has 16 heavy (non-hydrogen) atoms. The molecule has 2 aromatic heterocycles. The number of hydrogen-bond donors (Lipinski definition) is 1. The molecule has 0 aromatic carbocycles. The summed E-state index contributed by atoms with van der Waals surface area (Å²) in [7, 11) is 0. The van der Waals surface area contributed by atoms with Gasteiger partial charge in [-0.25, -0.2) is 0 Å². The fourth-order valence-electron chi connectivity index (χ4n) is 1.68. The quantitative estimate of drug-likeness (QED) is 0.849. The Labute approximate surface area is 94.8 Å². The maximum Gasteiger partial charge on any atom is 0.0923 e. The van der Waals surface area contributed by atoms with Crippen LogP contribution in [0.3, 0.4) is 0 Å². The summed E-state index contributed by atoms with van der Waals surface area (Å²) in [4.78, 5) is 7.97. The molecule has 0 saturated heterocycles. The van der Waals surface area contributed by atoms with Crippen LogP contribution in [0, 0.1) is 0 Å². The van der Waals surface area contributed by atoms with Crippen molar-refractivity contribution in [2.45, 2.75) is 18.9 Å². The van der Waals surface area contributed by atoms with Crippen molar-refractivity contribution in [1.29, 1.82) is 0 Å². The lowest BCUT2D eigenvalue weighted by Gasteiger charge is -2.23. The highest BCUT2D eigenvalue weighted by molar-refractivity contribution is 5.22. The maximum atomic E-state index is 10.4. The molecule has 3 nitrogen and oxygen atoms in total. The summed E-state index contributed by atoms with van der Waals surface area (Å²) in [6.45, 7) is 1.80. The molecule has 0 fully saturated rings. The maximum absolute atomic E-state index is 10.4. The lowest BCUT2D eigenvalue weighted by Crippen LogP contribution is -2.24. The van der Waals surface area contributed by atoms with Gasteiger partial charge in [-0.1, -0.05) is 6.07 Å². The van der Waals surface area contributed by atoms with Crippen molar-refractivity contribution in [3.8, 4) is 0 Å². The van der Waals surface area contributed by atoms with Crippen LogP contribution in [0.2, 0.25) is 0 Å². The number of pyridine rings is 2. The molecule has 0 bridgehead atoms. The molecule has 82 valence electrons. The van der Waals surface area contributed by atoms with Crippen molar-refractivity contribution in [1.82, 2.24) is 9.97 Å². The third-order valence-corrected chi connectivity index (χ3v) is 2.58. The summed E-state index contributed by atoms with van der Waals surface area (Å²) in [6, 6.07) is 7.53. The minimum atomic E-state index is -0.893. The summed E-state index contributed by atoms with van der Waals surface area (Å²) >= 11 is 0. The average Bonchev–Trinajstić information content (AvgIpc) is 2.31. The van der Waals surface area contributed by atoms with Gasteiger partial charge in [0, 0.05) is 36.8 Å². The van der Waals surface area contributed by atoms with E-state index in [9.17, 15) is 5.11 Å². The molecule has 0 spiro atoms. The summed E-state index contributed by atoms with van der Waals surface area (Å²) in [5, 5.41) is 10.4. The minimum absolute atomic E-state index is 0.557.